The molecule has 6 heteroatoms. The van der Waals surface area contributed by atoms with Crippen LogP contribution in [0.3, 0.4) is 0 Å². The van der Waals surface area contributed by atoms with Crippen molar-refractivity contribution in [1.82, 2.24) is 10.2 Å². The van der Waals surface area contributed by atoms with E-state index in [4.69, 9.17) is 0 Å². The van der Waals surface area contributed by atoms with Gasteiger partial charge in [0, 0.05) is 17.5 Å². The summed E-state index contributed by atoms with van der Waals surface area (Å²) in [5.41, 5.74) is 0.886. The molecule has 1 saturated carbocycles. The van der Waals surface area contributed by atoms with Crippen molar-refractivity contribution < 1.29 is 14.0 Å². The van der Waals surface area contributed by atoms with Crippen LogP contribution in [-0.4, -0.2) is 29.3 Å². The van der Waals surface area contributed by atoms with Crippen LogP contribution in [0.4, 0.5) is 4.39 Å². The highest BCUT2D eigenvalue weighted by Gasteiger charge is 2.32. The van der Waals surface area contributed by atoms with Crippen molar-refractivity contribution in [3.05, 3.63) is 57.5 Å². The van der Waals surface area contributed by atoms with Gasteiger partial charge in [0.05, 0.1) is 11.4 Å². The molecule has 4 nitrogen and oxygen atoms in total. The summed E-state index contributed by atoms with van der Waals surface area (Å²) in [6, 6.07) is 10.0. The molecule has 1 N–H and O–H groups in total. The highest BCUT2D eigenvalue weighted by Crippen LogP contribution is 2.28. The third-order valence-electron chi connectivity index (χ3n) is 3.94. The lowest BCUT2D eigenvalue weighted by molar-refractivity contribution is -0.131. The van der Waals surface area contributed by atoms with E-state index in [0.717, 1.165) is 23.3 Å². The average Bonchev–Trinajstić information content (AvgIpc) is 3.32. The third-order valence-corrected chi connectivity index (χ3v) is 4.94. The second-order valence-electron chi connectivity index (χ2n) is 5.97. The quantitative estimate of drug-likeness (QED) is 0.874. The number of hydrogen-bond donors (Lipinski definition) is 1. The molecular formula is C18H19FN2O2S. The SMILES string of the molecule is Cc1ccc(C(=O)NCC(=O)N(Cc2ccc(F)cc2)C2CC2)s1. The zero-order chi connectivity index (χ0) is 17.1. The van der Waals surface area contributed by atoms with Gasteiger partial charge in [0.25, 0.3) is 5.91 Å². The van der Waals surface area contributed by atoms with Crippen molar-refractivity contribution in [2.45, 2.75) is 32.4 Å². The molecule has 0 bridgehead atoms. The van der Waals surface area contributed by atoms with Crippen LogP contribution in [0, 0.1) is 12.7 Å². The molecule has 1 aliphatic carbocycles. The van der Waals surface area contributed by atoms with Crippen LogP contribution in [0.5, 0.6) is 0 Å². The molecule has 0 spiro atoms. The molecule has 0 aliphatic heterocycles. The van der Waals surface area contributed by atoms with E-state index in [2.05, 4.69) is 5.32 Å². The molecular weight excluding hydrogens is 327 g/mol. The van der Waals surface area contributed by atoms with Crippen LogP contribution < -0.4 is 5.32 Å². The Morgan fingerprint density at radius 1 is 1.21 bits per heavy atom. The van der Waals surface area contributed by atoms with Crippen LogP contribution in [0.1, 0.15) is 33.0 Å². The number of carbonyl (C=O) groups excluding carboxylic acids is 2. The number of hydrogen-bond acceptors (Lipinski definition) is 3. The van der Waals surface area contributed by atoms with Crippen molar-refractivity contribution in [2.24, 2.45) is 0 Å². The summed E-state index contributed by atoms with van der Waals surface area (Å²) in [4.78, 5) is 28.0. The van der Waals surface area contributed by atoms with Gasteiger partial charge in [0.1, 0.15) is 5.82 Å². The number of carbonyl (C=O) groups is 2. The van der Waals surface area contributed by atoms with Crippen LogP contribution >= 0.6 is 11.3 Å². The van der Waals surface area contributed by atoms with Gasteiger partial charge in [-0.3, -0.25) is 9.59 Å². The van der Waals surface area contributed by atoms with Crippen molar-refractivity contribution >= 4 is 23.2 Å². The molecule has 1 fully saturated rings. The van der Waals surface area contributed by atoms with Crippen molar-refractivity contribution in [3.8, 4) is 0 Å². The number of benzene rings is 1. The Morgan fingerprint density at radius 2 is 1.92 bits per heavy atom. The fraction of sp³-hybridized carbons (Fsp3) is 0.333. The lowest BCUT2D eigenvalue weighted by Gasteiger charge is -2.22. The van der Waals surface area contributed by atoms with E-state index < -0.39 is 0 Å². The number of nitrogens with zero attached hydrogens (tertiary/aromatic N) is 1. The van der Waals surface area contributed by atoms with E-state index >= 15 is 0 Å². The summed E-state index contributed by atoms with van der Waals surface area (Å²) in [6.45, 7) is 2.36. The Bertz CT molecular complexity index is 738. The van der Waals surface area contributed by atoms with Gasteiger partial charge in [0.15, 0.2) is 0 Å². The summed E-state index contributed by atoms with van der Waals surface area (Å²) in [5, 5.41) is 2.69. The third kappa shape index (κ3) is 4.20. The summed E-state index contributed by atoms with van der Waals surface area (Å²) in [5.74, 6) is -0.621. The molecule has 1 heterocycles. The molecule has 126 valence electrons. The van der Waals surface area contributed by atoms with Crippen molar-refractivity contribution in [2.75, 3.05) is 6.54 Å². The maximum Gasteiger partial charge on any atom is 0.261 e. The first-order chi connectivity index (χ1) is 11.5. The molecule has 2 aromatic rings. The second kappa shape index (κ2) is 7.13. The lowest BCUT2D eigenvalue weighted by Crippen LogP contribution is -2.40. The number of thiophene rings is 1. The standard InChI is InChI=1S/C18H19FN2O2S/c1-12-2-9-16(24-12)18(23)20-10-17(22)21(15-7-8-15)11-13-3-5-14(19)6-4-13/h2-6,9,15H,7-8,10-11H2,1H3,(H,20,23). The van der Waals surface area contributed by atoms with Crippen LogP contribution in [-0.2, 0) is 11.3 Å². The van der Waals surface area contributed by atoms with Gasteiger partial charge in [-0.1, -0.05) is 12.1 Å². The summed E-state index contributed by atoms with van der Waals surface area (Å²) >= 11 is 1.41. The van der Waals surface area contributed by atoms with E-state index in [-0.39, 0.29) is 30.2 Å². The number of rotatable bonds is 6. The smallest absolute Gasteiger partial charge is 0.261 e. The molecule has 1 aliphatic rings. The van der Waals surface area contributed by atoms with E-state index in [1.807, 2.05) is 13.0 Å². The minimum Gasteiger partial charge on any atom is -0.342 e. The van der Waals surface area contributed by atoms with Crippen LogP contribution in [0.15, 0.2) is 36.4 Å². The monoisotopic (exact) mass is 346 g/mol. The molecule has 1 aromatic heterocycles. The Morgan fingerprint density at radius 3 is 2.50 bits per heavy atom. The largest absolute Gasteiger partial charge is 0.342 e. The molecule has 0 saturated heterocycles. The van der Waals surface area contributed by atoms with Gasteiger partial charge in [0.2, 0.25) is 5.91 Å². The fourth-order valence-corrected chi connectivity index (χ4v) is 3.28. The Kier molecular flexibility index (Phi) is 4.94. The summed E-state index contributed by atoms with van der Waals surface area (Å²) in [7, 11) is 0. The Labute approximate surface area is 144 Å². The second-order valence-corrected chi connectivity index (χ2v) is 7.26. The van der Waals surface area contributed by atoms with E-state index in [9.17, 15) is 14.0 Å². The molecule has 0 radical (unpaired) electrons. The number of aryl methyl sites for hydroxylation is 1. The van der Waals surface area contributed by atoms with Gasteiger partial charge in [-0.25, -0.2) is 4.39 Å². The van der Waals surface area contributed by atoms with Gasteiger partial charge < -0.3 is 10.2 Å². The molecule has 3 rings (SSSR count). The van der Waals surface area contributed by atoms with Gasteiger partial charge >= 0.3 is 0 Å². The minimum atomic E-state index is -0.290. The predicted octanol–water partition coefficient (Wildman–Crippen LogP) is 3.12. The van der Waals surface area contributed by atoms with Gasteiger partial charge in [-0.2, -0.15) is 0 Å². The average molecular weight is 346 g/mol. The van der Waals surface area contributed by atoms with Crippen molar-refractivity contribution in [1.29, 1.82) is 0 Å². The number of amides is 2. The first kappa shape index (κ1) is 16.6. The van der Waals surface area contributed by atoms with Crippen molar-refractivity contribution in [3.63, 3.8) is 0 Å². The normalized spacial score (nSPS) is 13.6. The topological polar surface area (TPSA) is 49.4 Å². The first-order valence-electron chi connectivity index (χ1n) is 7.91. The Hall–Kier alpha value is -2.21. The van der Waals surface area contributed by atoms with Gasteiger partial charge in [-0.05, 0) is 49.6 Å². The minimum absolute atomic E-state index is 0.0204. The lowest BCUT2D eigenvalue weighted by atomic mass is 10.2. The Balaban J connectivity index is 1.58. The van der Waals surface area contributed by atoms with E-state index in [1.54, 1.807) is 23.1 Å². The number of nitrogens with one attached hydrogen (secondary N) is 1. The van der Waals surface area contributed by atoms with Crippen LogP contribution in [0.2, 0.25) is 0 Å². The van der Waals surface area contributed by atoms with Gasteiger partial charge in [-0.15, -0.1) is 11.3 Å². The molecule has 1 aromatic carbocycles. The maximum atomic E-state index is 13.0. The number of halogens is 1. The molecule has 2 amide bonds. The highest BCUT2D eigenvalue weighted by molar-refractivity contribution is 7.13. The zero-order valence-corrected chi connectivity index (χ0v) is 14.2. The molecule has 0 unspecified atom stereocenters. The van der Waals surface area contributed by atoms with Crippen LogP contribution in [0.25, 0.3) is 0 Å². The van der Waals surface area contributed by atoms with E-state index in [0.29, 0.717) is 11.4 Å². The predicted molar refractivity (Wildman–Crippen MR) is 91.4 cm³/mol. The summed E-state index contributed by atoms with van der Waals surface area (Å²) < 4.78 is 13.0. The van der Waals surface area contributed by atoms with E-state index in [1.165, 1.54) is 23.5 Å². The molecule has 0 atom stereocenters. The molecule has 24 heavy (non-hydrogen) atoms. The maximum absolute atomic E-state index is 13.0. The summed E-state index contributed by atoms with van der Waals surface area (Å²) in [6.07, 6.45) is 1.95. The zero-order valence-electron chi connectivity index (χ0n) is 13.4. The fourth-order valence-electron chi connectivity index (χ4n) is 2.49. The first-order valence-corrected chi connectivity index (χ1v) is 8.73. The highest BCUT2D eigenvalue weighted by atomic mass is 32.1.